The number of hydrogen-bond donors (Lipinski definition) is 1. The van der Waals surface area contributed by atoms with Crippen molar-refractivity contribution >= 4 is 11.6 Å². The van der Waals surface area contributed by atoms with Crippen LogP contribution in [0, 0.1) is 17.3 Å². The maximum Gasteiger partial charge on any atom is 0.0726 e. The lowest BCUT2D eigenvalue weighted by molar-refractivity contribution is -0.0336. The predicted molar refractivity (Wildman–Crippen MR) is 96.2 cm³/mol. The van der Waals surface area contributed by atoms with E-state index in [1.165, 1.54) is 30.4 Å². The van der Waals surface area contributed by atoms with Crippen molar-refractivity contribution < 1.29 is 5.11 Å². The second-order valence-electron chi connectivity index (χ2n) is 8.48. The van der Waals surface area contributed by atoms with Gasteiger partial charge in [-0.15, -0.1) is 11.6 Å². The molecule has 0 radical (unpaired) electrons. The summed E-state index contributed by atoms with van der Waals surface area (Å²) < 4.78 is 0. The van der Waals surface area contributed by atoms with E-state index in [-0.39, 0.29) is 0 Å². The Kier molecular flexibility index (Phi) is 5.50. The lowest BCUT2D eigenvalue weighted by atomic mass is 9.49. The van der Waals surface area contributed by atoms with Crippen LogP contribution in [0.15, 0.2) is 23.8 Å². The van der Waals surface area contributed by atoms with Crippen molar-refractivity contribution in [1.82, 2.24) is 0 Å². The third-order valence-corrected chi connectivity index (χ3v) is 6.43. The molecule has 0 amide bonds. The largest absolute Gasteiger partial charge is 0.391 e. The van der Waals surface area contributed by atoms with E-state index in [4.69, 9.17) is 11.6 Å². The van der Waals surface area contributed by atoms with Crippen LogP contribution >= 0.6 is 11.6 Å². The van der Waals surface area contributed by atoms with E-state index < -0.39 is 11.0 Å². The Morgan fingerprint density at radius 1 is 1.45 bits per heavy atom. The van der Waals surface area contributed by atoms with Crippen LogP contribution in [-0.2, 0) is 0 Å². The van der Waals surface area contributed by atoms with Crippen molar-refractivity contribution in [3.05, 3.63) is 23.8 Å². The van der Waals surface area contributed by atoms with Crippen LogP contribution in [0.2, 0.25) is 0 Å². The maximum absolute atomic E-state index is 10.2. The van der Waals surface area contributed by atoms with Gasteiger partial charge >= 0.3 is 0 Å². The smallest absolute Gasteiger partial charge is 0.0726 e. The molecular formula is C20H33ClO. The monoisotopic (exact) mass is 324 g/mol. The second-order valence-corrected chi connectivity index (χ2v) is 9.45. The molecule has 1 nitrogen and oxygen atoms in total. The minimum Gasteiger partial charge on any atom is -0.391 e. The Hall–Kier alpha value is -0.270. The summed E-state index contributed by atoms with van der Waals surface area (Å²) in [5.41, 5.74) is 3.33. The van der Waals surface area contributed by atoms with Crippen molar-refractivity contribution in [3.8, 4) is 0 Å². The molecule has 0 bridgehead atoms. The first-order chi connectivity index (χ1) is 10.1. The summed E-state index contributed by atoms with van der Waals surface area (Å²) in [6.07, 6.45) is 9.87. The van der Waals surface area contributed by atoms with Crippen molar-refractivity contribution in [2.24, 2.45) is 17.3 Å². The number of fused-ring (bicyclic) bond motifs is 1. The Morgan fingerprint density at radius 3 is 2.77 bits per heavy atom. The standard InChI is InChI=1S/C20H33ClO/c1-14-7-6-8-15(2)16-13-20(5,17(16)10-9-14)12-11-18(22)19(3,4)21/h7,16-18,22H,2,6,8-13H2,1,3-5H3/b14-7+/t16-,17-,18+,20-/m1/s1. The lowest BCUT2D eigenvalue weighted by Crippen LogP contribution is -2.47. The molecule has 0 aromatic heterocycles. The van der Waals surface area contributed by atoms with Crippen molar-refractivity contribution in [2.45, 2.75) is 83.6 Å². The van der Waals surface area contributed by atoms with E-state index in [0.29, 0.717) is 11.3 Å². The number of halogens is 1. The zero-order valence-corrected chi connectivity index (χ0v) is 15.5. The zero-order valence-electron chi connectivity index (χ0n) is 14.8. The molecule has 0 unspecified atom stereocenters. The fraction of sp³-hybridized carbons (Fsp3) is 0.800. The second kappa shape index (κ2) is 6.69. The highest BCUT2D eigenvalue weighted by atomic mass is 35.5. The minimum atomic E-state index is -0.527. The topological polar surface area (TPSA) is 20.2 Å². The molecule has 4 atom stereocenters. The summed E-state index contributed by atoms with van der Waals surface area (Å²) in [5, 5.41) is 10.2. The summed E-state index contributed by atoms with van der Waals surface area (Å²) in [7, 11) is 0. The van der Waals surface area contributed by atoms with Crippen molar-refractivity contribution in [3.63, 3.8) is 0 Å². The molecule has 0 saturated heterocycles. The lowest BCUT2D eigenvalue weighted by Gasteiger charge is -2.55. The Labute approximate surface area is 141 Å². The Bertz CT molecular complexity index is 445. The van der Waals surface area contributed by atoms with Gasteiger partial charge in [0.25, 0.3) is 0 Å². The molecule has 1 N–H and O–H groups in total. The van der Waals surface area contributed by atoms with Gasteiger partial charge in [-0.3, -0.25) is 0 Å². The number of allylic oxidation sites excluding steroid dienone is 3. The fourth-order valence-electron chi connectivity index (χ4n) is 4.37. The van der Waals surface area contributed by atoms with Crippen LogP contribution in [0.5, 0.6) is 0 Å². The molecule has 22 heavy (non-hydrogen) atoms. The Balaban J connectivity index is 2.00. The van der Waals surface area contributed by atoms with Gasteiger partial charge < -0.3 is 5.11 Å². The number of alkyl halides is 1. The van der Waals surface area contributed by atoms with Crippen LogP contribution < -0.4 is 0 Å². The average Bonchev–Trinajstić information content (AvgIpc) is 2.45. The van der Waals surface area contributed by atoms with E-state index >= 15 is 0 Å². The third kappa shape index (κ3) is 3.97. The first kappa shape index (κ1) is 18.1. The first-order valence-corrected chi connectivity index (χ1v) is 9.21. The van der Waals surface area contributed by atoms with Gasteiger partial charge in [0.05, 0.1) is 11.0 Å². The molecule has 2 aliphatic carbocycles. The number of aliphatic hydroxyl groups is 1. The molecule has 0 spiro atoms. The summed E-state index contributed by atoms with van der Waals surface area (Å²) in [6.45, 7) is 12.8. The van der Waals surface area contributed by atoms with E-state index in [1.807, 2.05) is 13.8 Å². The van der Waals surface area contributed by atoms with Gasteiger partial charge in [-0.2, -0.15) is 0 Å². The molecule has 1 saturated carbocycles. The van der Waals surface area contributed by atoms with E-state index in [1.54, 1.807) is 0 Å². The molecule has 2 heteroatoms. The predicted octanol–water partition coefficient (Wildman–Crippen LogP) is 5.86. The van der Waals surface area contributed by atoms with Gasteiger partial charge in [-0.05, 0) is 83.0 Å². The summed E-state index contributed by atoms with van der Waals surface area (Å²) in [6, 6.07) is 0. The van der Waals surface area contributed by atoms with Gasteiger partial charge in [-0.1, -0.05) is 30.7 Å². The number of rotatable bonds is 4. The Morgan fingerprint density at radius 2 is 2.14 bits per heavy atom. The summed E-state index contributed by atoms with van der Waals surface area (Å²) in [5.74, 6) is 1.43. The van der Waals surface area contributed by atoms with Gasteiger partial charge in [0.2, 0.25) is 0 Å². The van der Waals surface area contributed by atoms with Gasteiger partial charge in [0.1, 0.15) is 0 Å². The molecule has 0 aromatic rings. The van der Waals surface area contributed by atoms with Crippen LogP contribution in [0.4, 0.5) is 0 Å². The zero-order chi connectivity index (χ0) is 16.5. The molecular weight excluding hydrogens is 292 g/mol. The quantitative estimate of drug-likeness (QED) is 0.507. The minimum absolute atomic E-state index is 0.349. The molecule has 1 fully saturated rings. The van der Waals surface area contributed by atoms with E-state index in [2.05, 4.69) is 26.5 Å². The van der Waals surface area contributed by atoms with E-state index in [0.717, 1.165) is 31.6 Å². The molecule has 2 aliphatic rings. The molecule has 0 heterocycles. The van der Waals surface area contributed by atoms with Gasteiger partial charge in [0.15, 0.2) is 0 Å². The normalized spacial score (nSPS) is 37.0. The van der Waals surface area contributed by atoms with Crippen LogP contribution in [0.25, 0.3) is 0 Å². The SMILES string of the molecule is C=C1CC/C=C(\C)CC[C@@H]2[C@@H]1C[C@@]2(C)CC[C@H](O)C(C)(C)Cl. The van der Waals surface area contributed by atoms with Crippen molar-refractivity contribution in [1.29, 1.82) is 0 Å². The molecule has 0 aliphatic heterocycles. The highest BCUT2D eigenvalue weighted by Gasteiger charge is 2.50. The number of aliphatic hydroxyl groups excluding tert-OH is 1. The first-order valence-electron chi connectivity index (χ1n) is 8.84. The average molecular weight is 325 g/mol. The highest BCUT2D eigenvalue weighted by Crippen LogP contribution is 2.59. The summed E-state index contributed by atoms with van der Waals surface area (Å²) in [4.78, 5) is -0.527. The number of hydrogen-bond acceptors (Lipinski definition) is 1. The molecule has 0 aromatic carbocycles. The highest BCUT2D eigenvalue weighted by molar-refractivity contribution is 6.23. The van der Waals surface area contributed by atoms with Crippen molar-refractivity contribution in [2.75, 3.05) is 0 Å². The van der Waals surface area contributed by atoms with Gasteiger partial charge in [-0.25, -0.2) is 0 Å². The van der Waals surface area contributed by atoms with Crippen LogP contribution in [0.3, 0.4) is 0 Å². The van der Waals surface area contributed by atoms with Crippen LogP contribution in [-0.4, -0.2) is 16.1 Å². The maximum atomic E-state index is 10.2. The van der Waals surface area contributed by atoms with E-state index in [9.17, 15) is 5.11 Å². The fourth-order valence-corrected chi connectivity index (χ4v) is 4.48. The molecule has 126 valence electrons. The molecule has 2 rings (SSSR count). The van der Waals surface area contributed by atoms with Gasteiger partial charge in [0, 0.05) is 0 Å². The summed E-state index contributed by atoms with van der Waals surface area (Å²) >= 11 is 6.25. The third-order valence-electron chi connectivity index (χ3n) is 6.18. The van der Waals surface area contributed by atoms with Crippen LogP contribution in [0.1, 0.15) is 72.6 Å².